The van der Waals surface area contributed by atoms with Gasteiger partial charge in [0.2, 0.25) is 17.7 Å². The number of aliphatic hydroxyl groups is 6. The van der Waals surface area contributed by atoms with Gasteiger partial charge in [-0.1, -0.05) is 74.9 Å². The van der Waals surface area contributed by atoms with Crippen molar-refractivity contribution < 1.29 is 54.2 Å². The molecule has 58 heavy (non-hydrogen) atoms. The van der Waals surface area contributed by atoms with Crippen LogP contribution in [0.15, 0.2) is 72.8 Å². The van der Waals surface area contributed by atoms with Crippen LogP contribution in [0.25, 0.3) is 0 Å². The molecule has 1 fully saturated rings. The number of carbonyl (C=O) groups is 3. The summed E-state index contributed by atoms with van der Waals surface area (Å²) < 4.78 is 18.7. The summed E-state index contributed by atoms with van der Waals surface area (Å²) in [6, 6.07) is 20.7. The molecular weight excluding hydrogens is 749 g/mol. The van der Waals surface area contributed by atoms with E-state index >= 15 is 0 Å². The number of nitrogens with zero attached hydrogens (tertiary/aromatic N) is 1. The molecule has 3 aromatic carbocycles. The predicted octanol–water partition coefficient (Wildman–Crippen LogP) is 4.12. The second-order valence-corrected chi connectivity index (χ2v) is 15.1. The third-order valence-corrected chi connectivity index (χ3v) is 10.8. The first-order valence-corrected chi connectivity index (χ1v) is 20.3. The zero-order chi connectivity index (χ0) is 42.0. The molecule has 0 aliphatic carbocycles. The molecule has 14 heteroatoms. The zero-order valence-corrected chi connectivity index (χ0v) is 33.2. The lowest BCUT2D eigenvalue weighted by Gasteiger charge is -2.48. The number of benzene rings is 3. The fraction of sp³-hybridized carbons (Fsp3) is 0.523. The third kappa shape index (κ3) is 13.8. The molecule has 1 saturated heterocycles. The molecule has 1 aliphatic rings. The van der Waals surface area contributed by atoms with Gasteiger partial charge in [-0.2, -0.15) is 0 Å². The first-order chi connectivity index (χ1) is 27.9. The van der Waals surface area contributed by atoms with Crippen molar-refractivity contribution >= 4 is 23.4 Å². The van der Waals surface area contributed by atoms with Crippen LogP contribution < -0.4 is 20.3 Å². The number of hydrogen-bond acceptors (Lipinski definition) is 10. The molecule has 318 valence electrons. The molecule has 8 N–H and O–H groups in total. The minimum atomic E-state index is -1.73. The summed E-state index contributed by atoms with van der Waals surface area (Å²) in [5.74, 6) is -0.357. The number of β-lactam (4-membered cyclic amide) rings is 1. The summed E-state index contributed by atoms with van der Waals surface area (Å²) in [5, 5.41) is 63.8. The highest BCUT2D eigenvalue weighted by molar-refractivity contribution is 6.03. The lowest BCUT2D eigenvalue weighted by molar-refractivity contribution is -0.131. The molecule has 0 spiro atoms. The van der Waals surface area contributed by atoms with Gasteiger partial charge in [0.05, 0.1) is 37.9 Å². The predicted molar refractivity (Wildman–Crippen MR) is 216 cm³/mol. The van der Waals surface area contributed by atoms with Crippen molar-refractivity contribution in [3.05, 3.63) is 95.3 Å². The summed E-state index contributed by atoms with van der Waals surface area (Å²) in [7, 11) is 1.60. The van der Waals surface area contributed by atoms with Gasteiger partial charge in [-0.15, -0.1) is 0 Å². The summed E-state index contributed by atoms with van der Waals surface area (Å²) >= 11 is 0. The van der Waals surface area contributed by atoms with E-state index in [0.29, 0.717) is 43.5 Å². The molecular formula is C44H60FN3O10. The summed E-state index contributed by atoms with van der Waals surface area (Å²) in [6.07, 6.45) is 1.46. The fourth-order valence-corrected chi connectivity index (χ4v) is 7.18. The zero-order valence-electron chi connectivity index (χ0n) is 33.2. The van der Waals surface area contributed by atoms with Crippen molar-refractivity contribution in [2.24, 2.45) is 5.92 Å². The van der Waals surface area contributed by atoms with Gasteiger partial charge < -0.3 is 50.9 Å². The lowest BCUT2D eigenvalue weighted by Crippen LogP contribution is -2.55. The maximum atomic E-state index is 13.6. The number of hydrogen-bond donors (Lipinski definition) is 8. The molecule has 2 unspecified atom stereocenters. The maximum absolute atomic E-state index is 13.6. The Morgan fingerprint density at radius 1 is 0.741 bits per heavy atom. The van der Waals surface area contributed by atoms with Crippen LogP contribution in [0.5, 0.6) is 5.75 Å². The van der Waals surface area contributed by atoms with Gasteiger partial charge in [-0.05, 0) is 78.8 Å². The summed E-state index contributed by atoms with van der Waals surface area (Å²) in [5.41, 5.74) is 3.21. The number of ether oxygens (including phenoxy) is 1. The smallest absolute Gasteiger partial charge is 0.233 e. The monoisotopic (exact) mass is 809 g/mol. The molecule has 0 saturated carbocycles. The quantitative estimate of drug-likeness (QED) is 0.0430. The van der Waals surface area contributed by atoms with Gasteiger partial charge in [0.15, 0.2) is 0 Å². The van der Waals surface area contributed by atoms with Crippen LogP contribution in [-0.4, -0.2) is 93.0 Å². The van der Waals surface area contributed by atoms with Crippen LogP contribution in [0.3, 0.4) is 0 Å². The van der Waals surface area contributed by atoms with E-state index in [1.807, 2.05) is 48.5 Å². The van der Waals surface area contributed by atoms with Gasteiger partial charge in [0.25, 0.3) is 0 Å². The first-order valence-electron chi connectivity index (χ1n) is 20.3. The van der Waals surface area contributed by atoms with E-state index in [9.17, 15) is 44.3 Å². The molecule has 3 aromatic rings. The van der Waals surface area contributed by atoms with Crippen LogP contribution in [0.2, 0.25) is 0 Å². The molecule has 0 radical (unpaired) electrons. The molecule has 3 amide bonds. The largest absolute Gasteiger partial charge is 0.497 e. The highest BCUT2D eigenvalue weighted by Crippen LogP contribution is 2.46. The van der Waals surface area contributed by atoms with Crippen LogP contribution in [0, 0.1) is 11.7 Å². The number of nitrogens with one attached hydrogen (secondary N) is 2. The van der Waals surface area contributed by atoms with Crippen LogP contribution in [0.1, 0.15) is 106 Å². The Balaban J connectivity index is 1.10. The van der Waals surface area contributed by atoms with Crippen molar-refractivity contribution in [2.75, 3.05) is 25.2 Å². The summed E-state index contributed by atoms with van der Waals surface area (Å²) in [6.45, 7) is -0.681. The Bertz CT molecular complexity index is 1700. The topological polar surface area (TPSA) is 209 Å². The Kier molecular flexibility index (Phi) is 19.0. The molecule has 1 heterocycles. The Labute approximate surface area is 339 Å². The van der Waals surface area contributed by atoms with Crippen molar-refractivity contribution in [3.8, 4) is 5.75 Å². The molecule has 4 rings (SSSR count). The van der Waals surface area contributed by atoms with E-state index in [1.54, 1.807) is 24.1 Å². The van der Waals surface area contributed by atoms with Crippen LogP contribution >= 0.6 is 0 Å². The van der Waals surface area contributed by atoms with Gasteiger partial charge in [0, 0.05) is 31.6 Å². The van der Waals surface area contributed by atoms with Gasteiger partial charge in [0.1, 0.15) is 29.9 Å². The number of rotatable bonds is 26. The number of halogens is 1. The van der Waals surface area contributed by atoms with E-state index in [0.717, 1.165) is 61.8 Å². The molecule has 0 bridgehead atoms. The second kappa shape index (κ2) is 23.8. The number of unbranched alkanes of at least 4 members (excludes halogenated alkanes) is 7. The SMILES string of the molecule is COc1ccc([C@@H]2[C@@H](CCC(O)c3ccc(F)cc3)C(=O)N2c2ccc(CNC(=O)CCCCCCCCCCC(=O)NC[C@H](O)[C@@H](O)C(O)[C@H](O)CO)cc2)cc1. The number of methoxy groups -OCH3 is 1. The molecule has 1 aliphatic heterocycles. The Morgan fingerprint density at radius 2 is 1.29 bits per heavy atom. The number of aliphatic hydroxyl groups excluding tert-OH is 6. The average Bonchev–Trinajstić information content (AvgIpc) is 3.24. The van der Waals surface area contributed by atoms with Gasteiger partial charge in [-0.25, -0.2) is 4.39 Å². The third-order valence-electron chi connectivity index (χ3n) is 10.8. The summed E-state index contributed by atoms with van der Waals surface area (Å²) in [4.78, 5) is 39.9. The standard InChI is InChI=1S/C44H60FN3O10/c1-58-34-22-16-31(17-23-34)41-35(24-25-36(50)30-14-18-32(45)19-15-30)44(57)48(41)33-20-12-29(13-21-33)26-46-39(53)10-8-6-4-2-3-5-7-9-11-40(54)47-27-37(51)42(55)43(56)38(52)28-49/h12-23,35-38,41-43,49-52,55-56H,2-11,24-28H2,1H3,(H,46,53)(H,47,54)/t35-,36?,37+,38-,41-,42-,43?/m1/s1. The second-order valence-electron chi connectivity index (χ2n) is 15.1. The van der Waals surface area contributed by atoms with Gasteiger partial charge in [-0.3, -0.25) is 14.4 Å². The lowest BCUT2D eigenvalue weighted by atomic mass is 9.78. The van der Waals surface area contributed by atoms with Crippen molar-refractivity contribution in [1.82, 2.24) is 10.6 Å². The van der Waals surface area contributed by atoms with Crippen LogP contribution in [0.4, 0.5) is 10.1 Å². The maximum Gasteiger partial charge on any atom is 0.233 e. The minimum absolute atomic E-state index is 0.0218. The number of amides is 3. The van der Waals surface area contributed by atoms with Crippen LogP contribution in [-0.2, 0) is 20.9 Å². The molecule has 0 aromatic heterocycles. The molecule has 13 nitrogen and oxygen atoms in total. The molecule has 7 atom stereocenters. The number of anilines is 1. The minimum Gasteiger partial charge on any atom is -0.497 e. The average molecular weight is 810 g/mol. The normalized spacial score (nSPS) is 17.8. The number of carbonyl (C=O) groups excluding carboxylic acids is 3. The Morgan fingerprint density at radius 3 is 1.86 bits per heavy atom. The van der Waals surface area contributed by atoms with E-state index in [1.165, 1.54) is 12.1 Å². The fourth-order valence-electron chi connectivity index (χ4n) is 7.18. The Hall–Kier alpha value is -4.44. The van der Waals surface area contributed by atoms with Crippen molar-refractivity contribution in [2.45, 2.75) is 120 Å². The van der Waals surface area contributed by atoms with Gasteiger partial charge >= 0.3 is 0 Å². The van der Waals surface area contributed by atoms with E-state index in [2.05, 4.69) is 10.6 Å². The van der Waals surface area contributed by atoms with Crippen molar-refractivity contribution in [1.29, 1.82) is 0 Å². The van der Waals surface area contributed by atoms with E-state index < -0.39 is 37.1 Å². The highest BCUT2D eigenvalue weighted by Gasteiger charge is 2.48. The highest BCUT2D eigenvalue weighted by atomic mass is 19.1. The van der Waals surface area contributed by atoms with E-state index in [4.69, 9.17) is 9.84 Å². The van der Waals surface area contributed by atoms with E-state index in [-0.39, 0.29) is 48.5 Å². The first kappa shape index (κ1) is 46.3. The van der Waals surface area contributed by atoms with Crippen molar-refractivity contribution in [3.63, 3.8) is 0 Å².